The van der Waals surface area contributed by atoms with E-state index in [2.05, 4.69) is 26.2 Å². The molecule has 152 valence electrons. The summed E-state index contributed by atoms with van der Waals surface area (Å²) in [5.41, 5.74) is 3.87. The number of hydrogen-bond acceptors (Lipinski definition) is 5. The number of nitrogens with one attached hydrogen (secondary N) is 1. The van der Waals surface area contributed by atoms with Gasteiger partial charge < -0.3 is 10.4 Å². The molecule has 0 bridgehead atoms. The minimum atomic E-state index is -0.438. The maximum absolute atomic E-state index is 12.4. The van der Waals surface area contributed by atoms with Crippen molar-refractivity contribution in [3.8, 4) is 5.88 Å². The third kappa shape index (κ3) is 4.12. The monoisotopic (exact) mass is 503 g/mol. The highest BCUT2D eigenvalue weighted by molar-refractivity contribution is 9.10. The van der Waals surface area contributed by atoms with Crippen LogP contribution >= 0.6 is 38.9 Å². The van der Waals surface area contributed by atoms with E-state index in [1.54, 1.807) is 30.5 Å². The zero-order valence-corrected chi connectivity index (χ0v) is 18.8. The van der Waals surface area contributed by atoms with E-state index in [9.17, 15) is 14.7 Å². The number of rotatable bonds is 4. The number of allylic oxidation sites excluding steroid dienone is 1. The van der Waals surface area contributed by atoms with Gasteiger partial charge in [0.1, 0.15) is 6.54 Å². The number of nitrogens with zero attached hydrogens (tertiary/aromatic N) is 2. The zero-order chi connectivity index (χ0) is 21.4. The second kappa shape index (κ2) is 8.22. The Kier molecular flexibility index (Phi) is 5.64. The smallest absolute Gasteiger partial charge is 0.311 e. The van der Waals surface area contributed by atoms with Crippen LogP contribution in [-0.2, 0) is 11.3 Å². The van der Waals surface area contributed by atoms with Crippen LogP contribution in [0.4, 0.5) is 11.4 Å². The summed E-state index contributed by atoms with van der Waals surface area (Å²) in [5, 5.41) is 13.8. The van der Waals surface area contributed by atoms with Gasteiger partial charge in [-0.3, -0.25) is 19.1 Å². The highest BCUT2D eigenvalue weighted by Crippen LogP contribution is 2.36. The molecule has 0 saturated carbocycles. The van der Waals surface area contributed by atoms with Gasteiger partial charge in [-0.25, -0.2) is 0 Å². The van der Waals surface area contributed by atoms with Crippen LogP contribution in [0.1, 0.15) is 16.0 Å². The molecule has 2 aromatic carbocycles. The predicted octanol–water partition coefficient (Wildman–Crippen LogP) is 5.23. The van der Waals surface area contributed by atoms with Gasteiger partial charge in [0.05, 0.1) is 10.6 Å². The van der Waals surface area contributed by atoms with E-state index in [1.807, 2.05) is 25.1 Å². The largest absolute Gasteiger partial charge is 0.493 e. The normalized spacial score (nSPS) is 13.6. The third-order valence-electron chi connectivity index (χ3n) is 4.57. The van der Waals surface area contributed by atoms with Gasteiger partial charge in [-0.2, -0.15) is 0 Å². The summed E-state index contributed by atoms with van der Waals surface area (Å²) in [6.07, 6.45) is 3.37. The van der Waals surface area contributed by atoms with Crippen LogP contribution in [0.25, 0.3) is 11.6 Å². The predicted molar refractivity (Wildman–Crippen MR) is 125 cm³/mol. The van der Waals surface area contributed by atoms with Crippen molar-refractivity contribution >= 4 is 74.0 Å². The fourth-order valence-electron chi connectivity index (χ4n) is 3.03. The SMILES string of the molecule is Cc1ccc(Cl)cc1NC(=O)Cn1c(O)c(C=C2C=Nc3ccc(Br)cc32)sc1=O. The Morgan fingerprint density at radius 1 is 1.33 bits per heavy atom. The molecule has 1 amide bonds. The van der Waals surface area contributed by atoms with Crippen molar-refractivity contribution in [2.24, 2.45) is 4.99 Å². The molecule has 3 aromatic rings. The van der Waals surface area contributed by atoms with Crippen LogP contribution in [0, 0.1) is 6.92 Å². The highest BCUT2D eigenvalue weighted by atomic mass is 79.9. The standard InChI is InChI=1S/C21H15BrClN3O3S/c1-11-2-4-14(23)8-17(11)25-19(27)10-26-20(28)18(30-21(26)29)6-12-9-24-16-5-3-13(22)7-15(12)16/h2-9,28H,10H2,1H3,(H,25,27). The molecule has 1 aliphatic rings. The number of halogens is 2. The van der Waals surface area contributed by atoms with Crippen molar-refractivity contribution in [3.05, 3.63) is 71.6 Å². The molecule has 0 atom stereocenters. The quantitative estimate of drug-likeness (QED) is 0.510. The molecule has 0 unspecified atom stereocenters. The van der Waals surface area contributed by atoms with Gasteiger partial charge in [-0.15, -0.1) is 0 Å². The molecule has 0 spiro atoms. The minimum Gasteiger partial charge on any atom is -0.493 e. The van der Waals surface area contributed by atoms with Gasteiger partial charge in [0, 0.05) is 32.5 Å². The minimum absolute atomic E-state index is 0.257. The van der Waals surface area contributed by atoms with Crippen LogP contribution in [0.15, 0.2) is 50.7 Å². The summed E-state index contributed by atoms with van der Waals surface area (Å²) in [6.45, 7) is 1.52. The molecule has 0 radical (unpaired) electrons. The number of aromatic nitrogens is 1. The number of aromatic hydroxyl groups is 1. The first-order valence-electron chi connectivity index (χ1n) is 8.86. The number of carbonyl (C=O) groups is 1. The molecule has 2 heterocycles. The number of benzene rings is 2. The Hall–Kier alpha value is -2.68. The maximum Gasteiger partial charge on any atom is 0.311 e. The third-order valence-corrected chi connectivity index (χ3v) is 6.21. The number of hydrogen-bond donors (Lipinski definition) is 2. The second-order valence-corrected chi connectivity index (χ2v) is 9.01. The maximum atomic E-state index is 12.4. The van der Waals surface area contributed by atoms with Gasteiger partial charge in [-0.05, 0) is 48.9 Å². The summed E-state index contributed by atoms with van der Waals surface area (Å²) in [7, 11) is 0. The van der Waals surface area contributed by atoms with Crippen LogP contribution in [0.5, 0.6) is 5.88 Å². The van der Waals surface area contributed by atoms with E-state index in [0.717, 1.165) is 42.8 Å². The van der Waals surface area contributed by atoms with Crippen molar-refractivity contribution in [1.82, 2.24) is 4.57 Å². The fraction of sp³-hybridized carbons (Fsp3) is 0.0952. The molecule has 0 fully saturated rings. The molecular formula is C21H15BrClN3O3S. The summed E-state index contributed by atoms with van der Waals surface area (Å²) < 4.78 is 1.95. The molecule has 1 aromatic heterocycles. The van der Waals surface area contributed by atoms with E-state index < -0.39 is 10.8 Å². The van der Waals surface area contributed by atoms with Gasteiger partial charge in [0.2, 0.25) is 11.8 Å². The van der Waals surface area contributed by atoms with Crippen LogP contribution in [0.2, 0.25) is 5.02 Å². The van der Waals surface area contributed by atoms with Crippen molar-refractivity contribution < 1.29 is 9.90 Å². The zero-order valence-electron chi connectivity index (χ0n) is 15.6. The summed E-state index contributed by atoms with van der Waals surface area (Å²) in [5.74, 6) is -0.696. The van der Waals surface area contributed by atoms with Crippen molar-refractivity contribution in [2.45, 2.75) is 13.5 Å². The van der Waals surface area contributed by atoms with Crippen LogP contribution < -0.4 is 10.2 Å². The van der Waals surface area contributed by atoms with Crippen molar-refractivity contribution in [2.75, 3.05) is 5.32 Å². The Labute approximate surface area is 189 Å². The second-order valence-electron chi connectivity index (χ2n) is 6.67. The summed E-state index contributed by atoms with van der Waals surface area (Å²) >= 11 is 10.3. The van der Waals surface area contributed by atoms with E-state index in [0.29, 0.717) is 15.6 Å². The van der Waals surface area contributed by atoms with Gasteiger partial charge in [-0.1, -0.05) is 44.9 Å². The topological polar surface area (TPSA) is 83.7 Å². The Morgan fingerprint density at radius 2 is 2.13 bits per heavy atom. The first kappa shape index (κ1) is 20.6. The number of amides is 1. The Morgan fingerprint density at radius 3 is 2.93 bits per heavy atom. The molecule has 0 aliphatic carbocycles. The Bertz CT molecular complexity index is 1290. The summed E-state index contributed by atoms with van der Waals surface area (Å²) in [4.78, 5) is 29.1. The molecule has 4 rings (SSSR count). The fourth-order valence-corrected chi connectivity index (χ4v) is 4.40. The van der Waals surface area contributed by atoms with E-state index >= 15 is 0 Å². The lowest BCUT2D eigenvalue weighted by Gasteiger charge is -2.09. The number of anilines is 1. The van der Waals surface area contributed by atoms with Crippen LogP contribution in [-0.4, -0.2) is 21.8 Å². The first-order chi connectivity index (χ1) is 14.3. The average molecular weight is 505 g/mol. The lowest BCUT2D eigenvalue weighted by Crippen LogP contribution is -2.24. The van der Waals surface area contributed by atoms with E-state index in [4.69, 9.17) is 11.6 Å². The van der Waals surface area contributed by atoms with E-state index in [-0.39, 0.29) is 12.4 Å². The number of carbonyl (C=O) groups excluding carboxylic acids is 1. The van der Waals surface area contributed by atoms with E-state index in [1.165, 1.54) is 0 Å². The molecule has 6 nitrogen and oxygen atoms in total. The van der Waals surface area contributed by atoms with Gasteiger partial charge >= 0.3 is 4.87 Å². The average Bonchev–Trinajstić information content (AvgIpc) is 3.20. The lowest BCUT2D eigenvalue weighted by atomic mass is 10.1. The number of aliphatic imine (C=N–C) groups is 1. The molecule has 1 aliphatic heterocycles. The first-order valence-corrected chi connectivity index (χ1v) is 10.8. The number of aryl methyl sites for hydroxylation is 1. The number of fused-ring (bicyclic) bond motifs is 1. The van der Waals surface area contributed by atoms with Gasteiger partial charge in [0.15, 0.2) is 0 Å². The molecular weight excluding hydrogens is 490 g/mol. The molecule has 30 heavy (non-hydrogen) atoms. The van der Waals surface area contributed by atoms with Crippen molar-refractivity contribution in [1.29, 1.82) is 0 Å². The van der Waals surface area contributed by atoms with Gasteiger partial charge in [0.25, 0.3) is 0 Å². The number of thiazole rings is 1. The van der Waals surface area contributed by atoms with Crippen LogP contribution in [0.3, 0.4) is 0 Å². The Balaban J connectivity index is 1.59. The molecule has 0 saturated heterocycles. The van der Waals surface area contributed by atoms with Crippen molar-refractivity contribution in [3.63, 3.8) is 0 Å². The summed E-state index contributed by atoms with van der Waals surface area (Å²) in [6, 6.07) is 10.8. The highest BCUT2D eigenvalue weighted by Gasteiger charge is 2.18. The lowest BCUT2D eigenvalue weighted by molar-refractivity contribution is -0.116. The molecule has 9 heteroatoms. The molecule has 2 N–H and O–H groups in total.